The van der Waals surface area contributed by atoms with Crippen molar-refractivity contribution in [2.45, 2.75) is 11.0 Å². The van der Waals surface area contributed by atoms with Gasteiger partial charge in [0.05, 0.1) is 17.6 Å². The average Bonchev–Trinajstić information content (AvgIpc) is 2.37. The molecule has 7 heteroatoms. The van der Waals surface area contributed by atoms with E-state index in [0.717, 1.165) is 6.54 Å². The lowest BCUT2D eigenvalue weighted by molar-refractivity contribution is -0.0156. The van der Waals surface area contributed by atoms with E-state index >= 15 is 0 Å². The molecule has 0 radical (unpaired) electrons. The van der Waals surface area contributed by atoms with E-state index in [-0.39, 0.29) is 23.3 Å². The number of benzene rings is 1. The third kappa shape index (κ3) is 3.90. The van der Waals surface area contributed by atoms with Gasteiger partial charge in [-0.05, 0) is 25.2 Å². The molecule has 0 saturated carbocycles. The van der Waals surface area contributed by atoms with Crippen LogP contribution in [0.25, 0.3) is 0 Å². The highest BCUT2D eigenvalue weighted by Crippen LogP contribution is 2.15. The quantitative estimate of drug-likeness (QED) is 0.814. The highest BCUT2D eigenvalue weighted by molar-refractivity contribution is 7.89. The Morgan fingerprint density at radius 3 is 3.00 bits per heavy atom. The van der Waals surface area contributed by atoms with Crippen LogP contribution in [0.1, 0.15) is 0 Å². The van der Waals surface area contributed by atoms with Gasteiger partial charge in [-0.15, -0.1) is 0 Å². The van der Waals surface area contributed by atoms with Crippen LogP contribution in [0.4, 0.5) is 0 Å². The van der Waals surface area contributed by atoms with Gasteiger partial charge in [-0.3, -0.25) is 0 Å². The Hall–Kier alpha value is -1.15. The Morgan fingerprint density at radius 2 is 2.32 bits per heavy atom. The number of hydrogen-bond acceptors (Lipinski definition) is 5. The van der Waals surface area contributed by atoms with Crippen LogP contribution in [0, 0.1) is 0 Å². The second-order valence-corrected chi connectivity index (χ2v) is 6.37. The largest absolute Gasteiger partial charge is 0.508 e. The van der Waals surface area contributed by atoms with Gasteiger partial charge in [-0.1, -0.05) is 6.07 Å². The molecule has 1 unspecified atom stereocenters. The van der Waals surface area contributed by atoms with Gasteiger partial charge in [0.2, 0.25) is 10.0 Å². The monoisotopic (exact) mass is 286 g/mol. The lowest BCUT2D eigenvalue weighted by Crippen LogP contribution is -2.45. The molecule has 1 aromatic rings. The summed E-state index contributed by atoms with van der Waals surface area (Å²) in [5.74, 6) is -0.0727. The Balaban J connectivity index is 1.98. The Morgan fingerprint density at radius 1 is 1.53 bits per heavy atom. The molecule has 6 nitrogen and oxygen atoms in total. The van der Waals surface area contributed by atoms with Crippen molar-refractivity contribution < 1.29 is 18.3 Å². The zero-order valence-corrected chi connectivity index (χ0v) is 11.6. The molecule has 106 valence electrons. The van der Waals surface area contributed by atoms with Gasteiger partial charge in [0.15, 0.2) is 0 Å². The highest BCUT2D eigenvalue weighted by atomic mass is 32.2. The Labute approximate surface area is 113 Å². The van der Waals surface area contributed by atoms with Crippen LogP contribution in [0.15, 0.2) is 29.2 Å². The second kappa shape index (κ2) is 5.87. The third-order valence-electron chi connectivity index (χ3n) is 2.97. The number of ether oxygens (including phenoxy) is 1. The maximum atomic E-state index is 12.0. The molecule has 2 N–H and O–H groups in total. The average molecular weight is 286 g/mol. The highest BCUT2D eigenvalue weighted by Gasteiger charge is 2.21. The summed E-state index contributed by atoms with van der Waals surface area (Å²) in [6.45, 7) is 2.38. The van der Waals surface area contributed by atoms with E-state index in [9.17, 15) is 13.5 Å². The van der Waals surface area contributed by atoms with Crippen molar-refractivity contribution in [1.29, 1.82) is 0 Å². The third-order valence-corrected chi connectivity index (χ3v) is 4.39. The minimum Gasteiger partial charge on any atom is -0.508 e. The van der Waals surface area contributed by atoms with Crippen molar-refractivity contribution in [2.24, 2.45) is 0 Å². The first kappa shape index (κ1) is 14.3. The topological polar surface area (TPSA) is 78.9 Å². The summed E-state index contributed by atoms with van der Waals surface area (Å²) in [6, 6.07) is 5.58. The first-order valence-corrected chi connectivity index (χ1v) is 7.54. The number of rotatable bonds is 4. The molecule has 1 aromatic carbocycles. The zero-order chi connectivity index (χ0) is 13.9. The van der Waals surface area contributed by atoms with Gasteiger partial charge >= 0.3 is 0 Å². The van der Waals surface area contributed by atoms with Crippen LogP contribution in [0.2, 0.25) is 0 Å². The van der Waals surface area contributed by atoms with E-state index in [1.807, 2.05) is 7.05 Å². The minimum atomic E-state index is -3.61. The zero-order valence-electron chi connectivity index (χ0n) is 10.7. The number of aromatic hydroxyl groups is 1. The Kier molecular flexibility index (Phi) is 4.41. The van der Waals surface area contributed by atoms with E-state index in [2.05, 4.69) is 9.62 Å². The summed E-state index contributed by atoms with van der Waals surface area (Å²) in [7, 11) is -1.64. The first-order valence-electron chi connectivity index (χ1n) is 6.06. The van der Waals surface area contributed by atoms with Gasteiger partial charge < -0.3 is 14.7 Å². The van der Waals surface area contributed by atoms with Crippen LogP contribution >= 0.6 is 0 Å². The standard InChI is InChI=1S/C12H18N2O4S/c1-14-5-6-18-11(9-14)8-13-19(16,17)12-4-2-3-10(15)7-12/h2-4,7,11,13,15H,5-6,8-9H2,1H3. The van der Waals surface area contributed by atoms with Crippen molar-refractivity contribution in [3.63, 3.8) is 0 Å². The maximum absolute atomic E-state index is 12.0. The smallest absolute Gasteiger partial charge is 0.240 e. The summed E-state index contributed by atoms with van der Waals surface area (Å²) >= 11 is 0. The molecule has 1 heterocycles. The minimum absolute atomic E-state index is 0.0525. The molecule has 0 aromatic heterocycles. The summed E-state index contributed by atoms with van der Waals surface area (Å²) in [5, 5.41) is 9.30. The lowest BCUT2D eigenvalue weighted by Gasteiger charge is -2.30. The number of sulfonamides is 1. The molecule has 1 fully saturated rings. The van der Waals surface area contributed by atoms with Crippen LogP contribution in [0.5, 0.6) is 5.75 Å². The number of morpholine rings is 1. The fraction of sp³-hybridized carbons (Fsp3) is 0.500. The summed E-state index contributed by atoms with van der Waals surface area (Å²) < 4.78 is 32.0. The van der Waals surface area contributed by atoms with E-state index < -0.39 is 10.0 Å². The summed E-state index contributed by atoms with van der Waals surface area (Å²) in [6.07, 6.45) is -0.147. The van der Waals surface area contributed by atoms with Gasteiger partial charge in [0.1, 0.15) is 5.75 Å². The van der Waals surface area contributed by atoms with Crippen LogP contribution in [-0.4, -0.2) is 57.8 Å². The molecular formula is C12H18N2O4S. The molecule has 0 aliphatic carbocycles. The first-order chi connectivity index (χ1) is 8.97. The SMILES string of the molecule is CN1CCOC(CNS(=O)(=O)c2cccc(O)c2)C1. The van der Waals surface area contributed by atoms with E-state index in [0.29, 0.717) is 13.2 Å². The van der Waals surface area contributed by atoms with Crippen molar-refractivity contribution in [1.82, 2.24) is 9.62 Å². The van der Waals surface area contributed by atoms with Gasteiger partial charge in [-0.25, -0.2) is 13.1 Å². The van der Waals surface area contributed by atoms with Crippen molar-refractivity contribution in [3.8, 4) is 5.75 Å². The normalized spacial score (nSPS) is 21.4. The number of likely N-dealkylation sites (N-methyl/N-ethyl adjacent to an activating group) is 1. The molecule has 0 amide bonds. The van der Waals surface area contributed by atoms with Crippen molar-refractivity contribution >= 4 is 10.0 Å². The predicted molar refractivity (Wildman–Crippen MR) is 70.5 cm³/mol. The second-order valence-electron chi connectivity index (χ2n) is 4.60. The van der Waals surface area contributed by atoms with Crippen molar-refractivity contribution in [3.05, 3.63) is 24.3 Å². The van der Waals surface area contributed by atoms with E-state index in [4.69, 9.17) is 4.74 Å². The molecule has 1 atom stereocenters. The summed E-state index contributed by atoms with van der Waals surface area (Å²) in [4.78, 5) is 2.15. The van der Waals surface area contributed by atoms with E-state index in [1.165, 1.54) is 24.3 Å². The number of phenolic OH excluding ortho intramolecular Hbond substituents is 1. The molecule has 1 saturated heterocycles. The molecule has 0 spiro atoms. The number of hydrogen-bond donors (Lipinski definition) is 2. The van der Waals surface area contributed by atoms with Gasteiger partial charge in [-0.2, -0.15) is 0 Å². The van der Waals surface area contributed by atoms with Crippen molar-refractivity contribution in [2.75, 3.05) is 33.3 Å². The lowest BCUT2D eigenvalue weighted by atomic mass is 10.3. The predicted octanol–water partition coefficient (Wildman–Crippen LogP) is 0.00110. The van der Waals surface area contributed by atoms with Crippen LogP contribution in [-0.2, 0) is 14.8 Å². The molecule has 2 rings (SSSR count). The fourth-order valence-corrected chi connectivity index (χ4v) is 3.03. The molecule has 1 aliphatic rings. The van der Waals surface area contributed by atoms with Gasteiger partial charge in [0, 0.05) is 19.6 Å². The molecule has 19 heavy (non-hydrogen) atoms. The number of nitrogens with one attached hydrogen (secondary N) is 1. The number of phenols is 1. The summed E-state index contributed by atoms with van der Waals surface area (Å²) in [5.41, 5.74) is 0. The van der Waals surface area contributed by atoms with E-state index in [1.54, 1.807) is 0 Å². The van der Waals surface area contributed by atoms with Crippen LogP contribution < -0.4 is 4.72 Å². The van der Waals surface area contributed by atoms with Gasteiger partial charge in [0.25, 0.3) is 0 Å². The van der Waals surface area contributed by atoms with Crippen LogP contribution in [0.3, 0.4) is 0 Å². The number of nitrogens with zero attached hydrogens (tertiary/aromatic N) is 1. The molecule has 0 bridgehead atoms. The Bertz CT molecular complexity index is 532. The maximum Gasteiger partial charge on any atom is 0.240 e. The molecular weight excluding hydrogens is 268 g/mol. The molecule has 1 aliphatic heterocycles. The fourth-order valence-electron chi connectivity index (χ4n) is 1.93.